The third-order valence-corrected chi connectivity index (χ3v) is 1.91. The third kappa shape index (κ3) is 2.12. The lowest BCUT2D eigenvalue weighted by Gasteiger charge is -2.21. The van der Waals surface area contributed by atoms with Gasteiger partial charge in [0.05, 0.1) is 0 Å². The van der Waals surface area contributed by atoms with E-state index < -0.39 is 0 Å². The van der Waals surface area contributed by atoms with Crippen LogP contribution in [-0.2, 0) is 0 Å². The van der Waals surface area contributed by atoms with Gasteiger partial charge in [-0.3, -0.25) is 0 Å². The molecule has 0 aliphatic heterocycles. The monoisotopic (exact) mass is 166 g/mol. The molecule has 0 saturated heterocycles. The van der Waals surface area contributed by atoms with Gasteiger partial charge in [-0.15, -0.1) is 4.99 Å². The van der Waals surface area contributed by atoms with Crippen LogP contribution in [-0.4, -0.2) is 23.4 Å². The van der Waals surface area contributed by atoms with E-state index in [1.54, 1.807) is 6.19 Å². The minimum absolute atomic E-state index is 0.377. The van der Waals surface area contributed by atoms with Gasteiger partial charge in [0.2, 0.25) is 12.2 Å². The predicted octanol–water partition coefficient (Wildman–Crippen LogP) is 0.657. The van der Waals surface area contributed by atoms with E-state index in [1.165, 1.54) is 12.8 Å². The summed E-state index contributed by atoms with van der Waals surface area (Å²) in [7, 11) is 0. The minimum Gasteiger partial charge on any atom is -0.369 e. The summed E-state index contributed by atoms with van der Waals surface area (Å²) in [5.41, 5.74) is 5.61. The quantitative estimate of drug-likeness (QED) is 0.380. The molecule has 1 aliphatic carbocycles. The molecular formula is C8H14N4. The van der Waals surface area contributed by atoms with Gasteiger partial charge in [0.15, 0.2) is 0 Å². The van der Waals surface area contributed by atoms with E-state index >= 15 is 0 Å². The minimum atomic E-state index is 0.377. The van der Waals surface area contributed by atoms with Crippen LogP contribution in [0.5, 0.6) is 0 Å². The van der Waals surface area contributed by atoms with E-state index in [9.17, 15) is 0 Å². The molecule has 66 valence electrons. The van der Waals surface area contributed by atoms with Gasteiger partial charge in [-0.2, -0.15) is 5.26 Å². The maximum atomic E-state index is 8.31. The number of rotatable bonds is 3. The van der Waals surface area contributed by atoms with Crippen LogP contribution < -0.4 is 5.73 Å². The second-order valence-corrected chi connectivity index (χ2v) is 2.99. The van der Waals surface area contributed by atoms with E-state index in [0.29, 0.717) is 12.0 Å². The van der Waals surface area contributed by atoms with Crippen molar-refractivity contribution < 1.29 is 0 Å². The Morgan fingerprint density at radius 3 is 2.83 bits per heavy atom. The summed E-state index contributed by atoms with van der Waals surface area (Å²) < 4.78 is 0. The normalized spacial score (nSPS) is 17.2. The van der Waals surface area contributed by atoms with Gasteiger partial charge < -0.3 is 10.6 Å². The van der Waals surface area contributed by atoms with Crippen molar-refractivity contribution in [2.45, 2.75) is 32.2 Å². The fourth-order valence-corrected chi connectivity index (χ4v) is 1.23. The number of nitriles is 1. The third-order valence-electron chi connectivity index (χ3n) is 1.91. The molecule has 0 heterocycles. The number of hydrogen-bond acceptors (Lipinski definition) is 2. The van der Waals surface area contributed by atoms with Crippen molar-refractivity contribution in [2.24, 2.45) is 10.7 Å². The van der Waals surface area contributed by atoms with Crippen LogP contribution in [0.1, 0.15) is 26.2 Å². The lowest BCUT2D eigenvalue weighted by Crippen LogP contribution is -2.39. The maximum absolute atomic E-state index is 8.31. The fourth-order valence-electron chi connectivity index (χ4n) is 1.23. The molecule has 1 saturated carbocycles. The molecule has 1 rings (SSSR count). The van der Waals surface area contributed by atoms with Crippen LogP contribution in [0.4, 0.5) is 0 Å². The van der Waals surface area contributed by atoms with Crippen molar-refractivity contribution >= 4 is 5.96 Å². The van der Waals surface area contributed by atoms with Crippen LogP contribution in [0.25, 0.3) is 0 Å². The highest BCUT2D eigenvalue weighted by atomic mass is 15.3. The second-order valence-electron chi connectivity index (χ2n) is 2.99. The molecule has 12 heavy (non-hydrogen) atoms. The van der Waals surface area contributed by atoms with Crippen LogP contribution in [0, 0.1) is 11.5 Å². The maximum Gasteiger partial charge on any atom is 0.209 e. The molecule has 1 aliphatic rings. The van der Waals surface area contributed by atoms with Gasteiger partial charge in [-0.25, -0.2) is 0 Å². The van der Waals surface area contributed by atoms with E-state index in [2.05, 4.69) is 11.9 Å². The summed E-state index contributed by atoms with van der Waals surface area (Å²) in [4.78, 5) is 5.55. The predicted molar refractivity (Wildman–Crippen MR) is 47.3 cm³/mol. The summed E-state index contributed by atoms with van der Waals surface area (Å²) in [6.07, 6.45) is 5.11. The van der Waals surface area contributed by atoms with Crippen molar-refractivity contribution in [2.75, 3.05) is 6.54 Å². The first-order chi connectivity index (χ1) is 5.79. The first kappa shape index (κ1) is 8.85. The summed E-state index contributed by atoms with van der Waals surface area (Å²) in [5, 5.41) is 8.31. The van der Waals surface area contributed by atoms with E-state index in [0.717, 1.165) is 13.0 Å². The Kier molecular flexibility index (Phi) is 2.92. The van der Waals surface area contributed by atoms with Crippen molar-refractivity contribution in [3.05, 3.63) is 0 Å². The molecular weight excluding hydrogens is 152 g/mol. The van der Waals surface area contributed by atoms with Gasteiger partial charge in [0.25, 0.3) is 0 Å². The van der Waals surface area contributed by atoms with Gasteiger partial charge in [0, 0.05) is 12.6 Å². The largest absolute Gasteiger partial charge is 0.369 e. The Hall–Kier alpha value is -1.24. The highest BCUT2D eigenvalue weighted by Gasteiger charge is 2.29. The van der Waals surface area contributed by atoms with Crippen molar-refractivity contribution in [1.82, 2.24) is 4.90 Å². The smallest absolute Gasteiger partial charge is 0.209 e. The van der Waals surface area contributed by atoms with Gasteiger partial charge >= 0.3 is 0 Å². The van der Waals surface area contributed by atoms with Crippen LogP contribution in [0.3, 0.4) is 0 Å². The summed E-state index contributed by atoms with van der Waals surface area (Å²) in [6, 6.07) is 0.544. The lowest BCUT2D eigenvalue weighted by molar-refractivity contribution is 0.404. The highest BCUT2D eigenvalue weighted by molar-refractivity contribution is 5.79. The van der Waals surface area contributed by atoms with E-state index in [4.69, 9.17) is 11.0 Å². The molecule has 0 unspecified atom stereocenters. The van der Waals surface area contributed by atoms with Crippen molar-refractivity contribution in [3.63, 3.8) is 0 Å². The molecule has 0 aromatic rings. The SMILES string of the molecule is CCCN(C(N)=NC#N)C1CC1. The fraction of sp³-hybridized carbons (Fsp3) is 0.750. The van der Waals surface area contributed by atoms with Crippen LogP contribution >= 0.6 is 0 Å². The zero-order valence-corrected chi connectivity index (χ0v) is 7.32. The van der Waals surface area contributed by atoms with Gasteiger partial charge in [-0.1, -0.05) is 6.92 Å². The van der Waals surface area contributed by atoms with Crippen LogP contribution in [0.15, 0.2) is 4.99 Å². The standard InChI is InChI=1S/C8H14N4/c1-2-5-12(7-3-4-7)8(10)11-6-9/h7H,2-5H2,1H3,(H2,10,11). The molecule has 1 fully saturated rings. The Morgan fingerprint density at radius 2 is 2.42 bits per heavy atom. The molecule has 4 heteroatoms. The molecule has 2 N–H and O–H groups in total. The topological polar surface area (TPSA) is 65.4 Å². The Balaban J connectivity index is 2.52. The van der Waals surface area contributed by atoms with Crippen molar-refractivity contribution in [1.29, 1.82) is 5.26 Å². The number of guanidine groups is 1. The van der Waals surface area contributed by atoms with E-state index in [1.807, 2.05) is 4.90 Å². The van der Waals surface area contributed by atoms with Crippen molar-refractivity contribution in [3.8, 4) is 6.19 Å². The van der Waals surface area contributed by atoms with Crippen LogP contribution in [0.2, 0.25) is 0 Å². The molecule has 0 atom stereocenters. The first-order valence-electron chi connectivity index (χ1n) is 4.28. The first-order valence-corrected chi connectivity index (χ1v) is 4.28. The molecule has 0 radical (unpaired) electrons. The Labute approximate surface area is 72.7 Å². The summed E-state index contributed by atoms with van der Waals surface area (Å²) in [5.74, 6) is 0.377. The van der Waals surface area contributed by atoms with Gasteiger partial charge in [-0.05, 0) is 19.3 Å². The summed E-state index contributed by atoms with van der Waals surface area (Å²) >= 11 is 0. The number of hydrogen-bond donors (Lipinski definition) is 1. The molecule has 0 aromatic heterocycles. The Morgan fingerprint density at radius 1 is 1.75 bits per heavy atom. The molecule has 0 bridgehead atoms. The van der Waals surface area contributed by atoms with E-state index in [-0.39, 0.29) is 0 Å². The molecule has 0 aromatic carbocycles. The molecule has 4 nitrogen and oxygen atoms in total. The second kappa shape index (κ2) is 3.96. The number of nitrogens with two attached hydrogens (primary N) is 1. The molecule has 0 spiro atoms. The highest BCUT2D eigenvalue weighted by Crippen LogP contribution is 2.26. The number of nitrogens with zero attached hydrogens (tertiary/aromatic N) is 3. The zero-order chi connectivity index (χ0) is 8.97. The number of aliphatic imine (C=N–C) groups is 1. The average Bonchev–Trinajstić information content (AvgIpc) is 2.83. The Bertz CT molecular complexity index is 212. The average molecular weight is 166 g/mol. The summed E-state index contributed by atoms with van der Waals surface area (Å²) in [6.45, 7) is 3.00. The van der Waals surface area contributed by atoms with Gasteiger partial charge in [0.1, 0.15) is 0 Å². The zero-order valence-electron chi connectivity index (χ0n) is 7.32. The molecule has 0 amide bonds. The lowest BCUT2D eigenvalue weighted by atomic mass is 10.4.